The van der Waals surface area contributed by atoms with Crippen molar-refractivity contribution in [2.45, 2.75) is 0 Å². The van der Waals surface area contributed by atoms with E-state index in [2.05, 4.69) is 10.5 Å². The van der Waals surface area contributed by atoms with Crippen molar-refractivity contribution in [2.24, 2.45) is 5.10 Å². The number of nitrogens with zero attached hydrogens (tertiary/aromatic N) is 2. The lowest BCUT2D eigenvalue weighted by Crippen LogP contribution is -2.20. The van der Waals surface area contributed by atoms with Crippen molar-refractivity contribution in [2.75, 3.05) is 14.1 Å². The first kappa shape index (κ1) is 11.5. The Hall–Kier alpha value is -1.55. The third kappa shape index (κ3) is 3.59. The highest BCUT2D eigenvalue weighted by atomic mass is 35.5. The van der Waals surface area contributed by atoms with E-state index in [1.165, 1.54) is 6.34 Å². The maximum Gasteiger partial charge on any atom is 0.272 e. The van der Waals surface area contributed by atoms with Gasteiger partial charge in [0.15, 0.2) is 0 Å². The van der Waals surface area contributed by atoms with Crippen LogP contribution >= 0.6 is 11.6 Å². The molecule has 0 saturated carbocycles. The molecule has 0 atom stereocenters. The Kier molecular flexibility index (Phi) is 4.12. The van der Waals surface area contributed by atoms with Crippen LogP contribution < -0.4 is 5.43 Å². The number of hydrogen-bond donors (Lipinski definition) is 1. The van der Waals surface area contributed by atoms with Gasteiger partial charge in [0.05, 0.1) is 10.6 Å². The van der Waals surface area contributed by atoms with Crippen LogP contribution in [0.4, 0.5) is 0 Å². The van der Waals surface area contributed by atoms with Crippen molar-refractivity contribution in [3.05, 3.63) is 34.9 Å². The molecule has 0 aliphatic carbocycles. The third-order valence-corrected chi connectivity index (χ3v) is 1.90. The summed E-state index contributed by atoms with van der Waals surface area (Å²) in [5.74, 6) is -0.321. The van der Waals surface area contributed by atoms with Gasteiger partial charge >= 0.3 is 0 Å². The van der Waals surface area contributed by atoms with Gasteiger partial charge in [-0.2, -0.15) is 5.10 Å². The van der Waals surface area contributed by atoms with E-state index in [1.54, 1.807) is 29.2 Å². The molecular weight excluding hydrogens is 214 g/mol. The van der Waals surface area contributed by atoms with Crippen LogP contribution in [-0.2, 0) is 0 Å². The number of amides is 1. The zero-order valence-electron chi connectivity index (χ0n) is 8.57. The van der Waals surface area contributed by atoms with Crippen molar-refractivity contribution in [1.82, 2.24) is 10.3 Å². The van der Waals surface area contributed by atoms with Crippen LogP contribution in [0.2, 0.25) is 5.02 Å². The zero-order valence-corrected chi connectivity index (χ0v) is 9.32. The van der Waals surface area contributed by atoms with Gasteiger partial charge in [0, 0.05) is 14.1 Å². The van der Waals surface area contributed by atoms with Crippen LogP contribution in [0.25, 0.3) is 0 Å². The molecule has 15 heavy (non-hydrogen) atoms. The number of hydrogen-bond acceptors (Lipinski definition) is 2. The van der Waals surface area contributed by atoms with E-state index in [0.29, 0.717) is 10.6 Å². The fourth-order valence-electron chi connectivity index (χ4n) is 0.909. The number of carbonyl (C=O) groups excluding carboxylic acids is 1. The minimum Gasteiger partial charge on any atom is -0.367 e. The van der Waals surface area contributed by atoms with Crippen LogP contribution in [0.1, 0.15) is 10.4 Å². The van der Waals surface area contributed by atoms with Crippen molar-refractivity contribution < 1.29 is 4.79 Å². The topological polar surface area (TPSA) is 44.7 Å². The normalized spacial score (nSPS) is 10.3. The lowest BCUT2D eigenvalue weighted by molar-refractivity contribution is 0.0955. The lowest BCUT2D eigenvalue weighted by atomic mass is 10.2. The van der Waals surface area contributed by atoms with E-state index in [9.17, 15) is 4.79 Å². The third-order valence-electron chi connectivity index (χ3n) is 1.57. The summed E-state index contributed by atoms with van der Waals surface area (Å²) < 4.78 is 0. The quantitative estimate of drug-likeness (QED) is 0.482. The molecule has 0 saturated heterocycles. The Labute approximate surface area is 93.5 Å². The summed E-state index contributed by atoms with van der Waals surface area (Å²) in [6.45, 7) is 0. The summed E-state index contributed by atoms with van der Waals surface area (Å²) in [4.78, 5) is 13.2. The standard InChI is InChI=1S/C10H12ClN3O/c1-14(2)7-12-13-10(15)8-5-3-4-6-9(8)11/h3-7H,1-2H3,(H,13,15)/b12-7-. The molecule has 1 aromatic rings. The van der Waals surface area contributed by atoms with Crippen molar-refractivity contribution in [3.8, 4) is 0 Å². The van der Waals surface area contributed by atoms with Gasteiger partial charge in [-0.15, -0.1) is 0 Å². The lowest BCUT2D eigenvalue weighted by Gasteiger charge is -2.04. The van der Waals surface area contributed by atoms with Crippen LogP contribution in [-0.4, -0.2) is 31.2 Å². The highest BCUT2D eigenvalue weighted by molar-refractivity contribution is 6.33. The molecule has 1 N–H and O–H groups in total. The van der Waals surface area contributed by atoms with E-state index >= 15 is 0 Å². The Morgan fingerprint density at radius 3 is 2.73 bits per heavy atom. The molecule has 0 fully saturated rings. The maximum absolute atomic E-state index is 11.5. The predicted molar refractivity (Wildman–Crippen MR) is 61.1 cm³/mol. The fraction of sp³-hybridized carbons (Fsp3) is 0.200. The molecule has 0 aliphatic rings. The number of benzene rings is 1. The highest BCUT2D eigenvalue weighted by Crippen LogP contribution is 2.14. The summed E-state index contributed by atoms with van der Waals surface area (Å²) >= 11 is 5.84. The van der Waals surface area contributed by atoms with Gasteiger partial charge in [-0.1, -0.05) is 23.7 Å². The molecule has 1 amide bonds. The molecular formula is C10H12ClN3O. The molecule has 0 radical (unpaired) electrons. The van der Waals surface area contributed by atoms with Crippen LogP contribution in [0.3, 0.4) is 0 Å². The summed E-state index contributed by atoms with van der Waals surface area (Å²) in [6, 6.07) is 6.81. The molecule has 4 nitrogen and oxygen atoms in total. The van der Waals surface area contributed by atoms with Crippen LogP contribution in [0, 0.1) is 0 Å². The number of rotatable bonds is 3. The minimum atomic E-state index is -0.321. The molecule has 0 heterocycles. The van der Waals surface area contributed by atoms with Crippen LogP contribution in [0.5, 0.6) is 0 Å². The summed E-state index contributed by atoms with van der Waals surface area (Å²) in [5.41, 5.74) is 2.79. The predicted octanol–water partition coefficient (Wildman–Crippen LogP) is 1.57. The molecule has 0 spiro atoms. The van der Waals surface area contributed by atoms with Crippen LogP contribution in [0.15, 0.2) is 29.4 Å². The summed E-state index contributed by atoms with van der Waals surface area (Å²) in [7, 11) is 3.62. The Morgan fingerprint density at radius 1 is 1.47 bits per heavy atom. The number of nitrogens with one attached hydrogen (secondary N) is 1. The van der Waals surface area contributed by atoms with Gasteiger partial charge in [-0.3, -0.25) is 4.79 Å². The molecule has 0 aromatic heterocycles. The van der Waals surface area contributed by atoms with Crippen molar-refractivity contribution in [1.29, 1.82) is 0 Å². The number of halogens is 1. The SMILES string of the molecule is CN(C)/C=N\NC(=O)c1ccccc1Cl. The molecule has 0 aliphatic heterocycles. The molecule has 1 rings (SSSR count). The van der Waals surface area contributed by atoms with Crippen molar-refractivity contribution in [3.63, 3.8) is 0 Å². The maximum atomic E-state index is 11.5. The fourth-order valence-corrected chi connectivity index (χ4v) is 1.13. The summed E-state index contributed by atoms with van der Waals surface area (Å²) in [5, 5.41) is 4.14. The first-order chi connectivity index (χ1) is 7.11. The molecule has 80 valence electrons. The zero-order chi connectivity index (χ0) is 11.3. The molecule has 0 unspecified atom stereocenters. The first-order valence-electron chi connectivity index (χ1n) is 4.35. The van der Waals surface area contributed by atoms with Crippen molar-refractivity contribution >= 4 is 23.8 Å². The minimum absolute atomic E-state index is 0.321. The van der Waals surface area contributed by atoms with E-state index in [4.69, 9.17) is 11.6 Å². The average Bonchev–Trinajstić information content (AvgIpc) is 2.17. The van der Waals surface area contributed by atoms with E-state index in [-0.39, 0.29) is 5.91 Å². The Morgan fingerprint density at radius 2 is 2.13 bits per heavy atom. The number of carbonyl (C=O) groups is 1. The van der Waals surface area contributed by atoms with E-state index in [0.717, 1.165) is 0 Å². The Bertz CT molecular complexity index is 377. The smallest absolute Gasteiger partial charge is 0.272 e. The molecule has 1 aromatic carbocycles. The second-order valence-corrected chi connectivity index (χ2v) is 3.54. The van der Waals surface area contributed by atoms with Gasteiger partial charge in [-0.05, 0) is 12.1 Å². The molecule has 5 heteroatoms. The van der Waals surface area contributed by atoms with Gasteiger partial charge in [0.25, 0.3) is 5.91 Å². The van der Waals surface area contributed by atoms with Gasteiger partial charge in [-0.25, -0.2) is 5.43 Å². The largest absolute Gasteiger partial charge is 0.367 e. The second kappa shape index (κ2) is 5.36. The summed E-state index contributed by atoms with van der Waals surface area (Å²) in [6.07, 6.45) is 1.49. The second-order valence-electron chi connectivity index (χ2n) is 3.13. The van der Waals surface area contributed by atoms with E-state index in [1.807, 2.05) is 14.1 Å². The van der Waals surface area contributed by atoms with Gasteiger partial charge in [0.1, 0.15) is 6.34 Å². The average molecular weight is 226 g/mol. The Balaban J connectivity index is 2.66. The van der Waals surface area contributed by atoms with Gasteiger partial charge in [0.2, 0.25) is 0 Å². The molecule has 0 bridgehead atoms. The van der Waals surface area contributed by atoms with Gasteiger partial charge < -0.3 is 4.90 Å². The number of hydrazone groups is 1. The highest BCUT2D eigenvalue weighted by Gasteiger charge is 2.07. The van der Waals surface area contributed by atoms with E-state index < -0.39 is 0 Å². The first-order valence-corrected chi connectivity index (χ1v) is 4.73. The monoisotopic (exact) mass is 225 g/mol.